The minimum atomic E-state index is 0.276. The van der Waals surface area contributed by atoms with E-state index in [1.807, 2.05) is 0 Å². The fourth-order valence-electron chi connectivity index (χ4n) is 3.24. The first-order valence-corrected chi connectivity index (χ1v) is 7.47. The van der Waals surface area contributed by atoms with Crippen molar-refractivity contribution < 1.29 is 0 Å². The van der Waals surface area contributed by atoms with Crippen molar-refractivity contribution in [1.82, 2.24) is 0 Å². The maximum absolute atomic E-state index is 3.77. The van der Waals surface area contributed by atoms with Gasteiger partial charge in [0.2, 0.25) is 0 Å². The van der Waals surface area contributed by atoms with Crippen LogP contribution in [0.4, 0.5) is 5.69 Å². The van der Waals surface area contributed by atoms with Crippen LogP contribution in [0.25, 0.3) is 0 Å². The van der Waals surface area contributed by atoms with Gasteiger partial charge in [0.15, 0.2) is 0 Å². The van der Waals surface area contributed by atoms with Crippen molar-refractivity contribution >= 4 is 5.69 Å². The lowest BCUT2D eigenvalue weighted by molar-refractivity contribution is 0.265. The molecule has 2 aromatic carbocycles. The highest BCUT2D eigenvalue weighted by Crippen LogP contribution is 2.45. The lowest BCUT2D eigenvalue weighted by Crippen LogP contribution is -2.33. The first-order chi connectivity index (χ1) is 9.56. The molecule has 1 N–H and O–H groups in total. The van der Waals surface area contributed by atoms with E-state index in [-0.39, 0.29) is 5.41 Å². The Bertz CT molecular complexity index is 613. The average Bonchev–Trinajstić information content (AvgIpc) is 2.42. The fraction of sp³-hybridized carbons (Fsp3) is 0.368. The zero-order valence-corrected chi connectivity index (χ0v) is 12.6. The normalized spacial score (nSPS) is 20.2. The molecule has 1 aliphatic rings. The van der Waals surface area contributed by atoms with E-state index in [0.717, 1.165) is 0 Å². The van der Waals surface area contributed by atoms with Crippen molar-refractivity contribution in [2.24, 2.45) is 5.41 Å². The lowest BCUT2D eigenvalue weighted by Gasteiger charge is -2.41. The Morgan fingerprint density at radius 1 is 1.05 bits per heavy atom. The van der Waals surface area contributed by atoms with E-state index in [1.54, 1.807) is 0 Å². The van der Waals surface area contributed by atoms with Gasteiger partial charge in [0.1, 0.15) is 0 Å². The number of benzene rings is 2. The second-order valence-corrected chi connectivity index (χ2v) is 6.63. The van der Waals surface area contributed by atoms with Crippen LogP contribution in [0.1, 0.15) is 43.0 Å². The molecular formula is C19H23N. The summed E-state index contributed by atoms with van der Waals surface area (Å²) in [6, 6.07) is 17.9. The summed E-state index contributed by atoms with van der Waals surface area (Å²) < 4.78 is 0. The zero-order valence-electron chi connectivity index (χ0n) is 12.6. The van der Waals surface area contributed by atoms with E-state index in [9.17, 15) is 0 Å². The summed E-state index contributed by atoms with van der Waals surface area (Å²) >= 11 is 0. The van der Waals surface area contributed by atoms with Crippen molar-refractivity contribution in [3.63, 3.8) is 0 Å². The average molecular weight is 265 g/mol. The topological polar surface area (TPSA) is 12.0 Å². The number of hydrogen-bond donors (Lipinski definition) is 1. The molecule has 0 aliphatic heterocycles. The highest BCUT2D eigenvalue weighted by atomic mass is 14.9. The minimum Gasteiger partial charge on any atom is -0.378 e. The largest absolute Gasteiger partial charge is 0.378 e. The number of nitrogens with one attached hydrogen (secondary N) is 1. The molecule has 0 fully saturated rings. The Labute approximate surface area is 122 Å². The number of rotatable bonds is 2. The van der Waals surface area contributed by atoms with E-state index in [1.165, 1.54) is 35.2 Å². The third-order valence-electron chi connectivity index (χ3n) is 4.52. The molecule has 1 nitrogen and oxygen atoms in total. The Morgan fingerprint density at radius 3 is 2.65 bits per heavy atom. The summed E-state index contributed by atoms with van der Waals surface area (Å²) in [6.45, 7) is 6.89. The van der Waals surface area contributed by atoms with Crippen LogP contribution in [0.2, 0.25) is 0 Å². The molecule has 0 aromatic heterocycles. The van der Waals surface area contributed by atoms with Gasteiger partial charge in [0.05, 0.1) is 6.04 Å². The summed E-state index contributed by atoms with van der Waals surface area (Å²) in [5.74, 6) is 0. The smallest absolute Gasteiger partial charge is 0.0567 e. The quantitative estimate of drug-likeness (QED) is 0.794. The minimum absolute atomic E-state index is 0.276. The Morgan fingerprint density at radius 2 is 1.85 bits per heavy atom. The summed E-state index contributed by atoms with van der Waals surface area (Å²) in [4.78, 5) is 0. The van der Waals surface area contributed by atoms with Gasteiger partial charge in [-0.15, -0.1) is 0 Å². The van der Waals surface area contributed by atoms with Gasteiger partial charge in [0, 0.05) is 5.69 Å². The van der Waals surface area contributed by atoms with Crippen molar-refractivity contribution in [1.29, 1.82) is 0 Å². The van der Waals surface area contributed by atoms with Crippen LogP contribution in [0.3, 0.4) is 0 Å². The summed E-state index contributed by atoms with van der Waals surface area (Å²) in [7, 11) is 0. The SMILES string of the molecule is Cc1cccc(NC2c3ccccc3CCC2(C)C)c1. The van der Waals surface area contributed by atoms with Gasteiger partial charge < -0.3 is 5.32 Å². The van der Waals surface area contributed by atoms with E-state index < -0.39 is 0 Å². The van der Waals surface area contributed by atoms with Gasteiger partial charge in [-0.05, 0) is 54.0 Å². The summed E-state index contributed by atoms with van der Waals surface area (Å²) in [6.07, 6.45) is 2.42. The molecule has 1 unspecified atom stereocenters. The molecule has 0 heterocycles. The van der Waals surface area contributed by atoms with Gasteiger partial charge in [-0.2, -0.15) is 0 Å². The molecule has 104 valence electrons. The molecule has 2 aromatic rings. The van der Waals surface area contributed by atoms with Crippen LogP contribution in [-0.4, -0.2) is 0 Å². The maximum Gasteiger partial charge on any atom is 0.0567 e. The lowest BCUT2D eigenvalue weighted by atomic mass is 9.70. The van der Waals surface area contributed by atoms with Gasteiger partial charge in [-0.25, -0.2) is 0 Å². The van der Waals surface area contributed by atoms with Crippen LogP contribution in [0.15, 0.2) is 48.5 Å². The van der Waals surface area contributed by atoms with Crippen LogP contribution in [0.5, 0.6) is 0 Å². The molecule has 0 saturated heterocycles. The first-order valence-electron chi connectivity index (χ1n) is 7.47. The van der Waals surface area contributed by atoms with Gasteiger partial charge in [-0.1, -0.05) is 50.2 Å². The Kier molecular flexibility index (Phi) is 3.29. The second kappa shape index (κ2) is 4.97. The van der Waals surface area contributed by atoms with E-state index in [0.29, 0.717) is 6.04 Å². The van der Waals surface area contributed by atoms with Crippen LogP contribution >= 0.6 is 0 Å². The van der Waals surface area contributed by atoms with Crippen molar-refractivity contribution in [3.8, 4) is 0 Å². The predicted molar refractivity (Wildman–Crippen MR) is 86.1 cm³/mol. The molecule has 1 heteroatoms. The van der Waals surface area contributed by atoms with Crippen molar-refractivity contribution in [3.05, 3.63) is 65.2 Å². The number of fused-ring (bicyclic) bond motifs is 1. The van der Waals surface area contributed by atoms with Crippen LogP contribution in [-0.2, 0) is 6.42 Å². The predicted octanol–water partition coefficient (Wildman–Crippen LogP) is 5.12. The fourth-order valence-corrected chi connectivity index (χ4v) is 3.24. The van der Waals surface area contributed by atoms with E-state index in [4.69, 9.17) is 0 Å². The van der Waals surface area contributed by atoms with E-state index in [2.05, 4.69) is 74.6 Å². The molecule has 0 saturated carbocycles. The molecular weight excluding hydrogens is 242 g/mol. The third kappa shape index (κ3) is 2.45. The molecule has 1 atom stereocenters. The van der Waals surface area contributed by atoms with Crippen molar-refractivity contribution in [2.75, 3.05) is 5.32 Å². The molecule has 0 bridgehead atoms. The van der Waals surface area contributed by atoms with E-state index >= 15 is 0 Å². The number of aryl methyl sites for hydroxylation is 2. The van der Waals surface area contributed by atoms with Crippen molar-refractivity contribution in [2.45, 2.75) is 39.7 Å². The number of anilines is 1. The summed E-state index contributed by atoms with van der Waals surface area (Å²) in [5, 5.41) is 3.77. The molecule has 0 spiro atoms. The standard InChI is InChI=1S/C19H23N/c1-14-7-6-9-16(13-14)20-18-17-10-5-4-8-15(17)11-12-19(18,2)3/h4-10,13,18,20H,11-12H2,1-3H3. The first kappa shape index (κ1) is 13.2. The van der Waals surface area contributed by atoms with Crippen LogP contribution in [0, 0.1) is 12.3 Å². The summed E-state index contributed by atoms with van der Waals surface area (Å²) in [5.41, 5.74) is 5.76. The monoisotopic (exact) mass is 265 g/mol. The molecule has 1 aliphatic carbocycles. The highest BCUT2D eigenvalue weighted by molar-refractivity contribution is 5.49. The zero-order chi connectivity index (χ0) is 14.2. The second-order valence-electron chi connectivity index (χ2n) is 6.63. The van der Waals surface area contributed by atoms with Gasteiger partial charge in [0.25, 0.3) is 0 Å². The molecule has 0 amide bonds. The Hall–Kier alpha value is -1.76. The number of hydrogen-bond acceptors (Lipinski definition) is 1. The highest BCUT2D eigenvalue weighted by Gasteiger charge is 2.35. The Balaban J connectivity index is 1.97. The third-order valence-corrected chi connectivity index (χ3v) is 4.52. The van der Waals surface area contributed by atoms with Gasteiger partial charge >= 0.3 is 0 Å². The maximum atomic E-state index is 3.77. The molecule has 20 heavy (non-hydrogen) atoms. The van der Waals surface area contributed by atoms with Gasteiger partial charge in [-0.3, -0.25) is 0 Å². The molecule has 0 radical (unpaired) electrons. The van der Waals surface area contributed by atoms with Crippen LogP contribution < -0.4 is 5.32 Å². The molecule has 3 rings (SSSR count).